The number of hydrogen-bond donors (Lipinski definition) is 1. The summed E-state index contributed by atoms with van der Waals surface area (Å²) in [4.78, 5) is 24.4. The highest BCUT2D eigenvalue weighted by molar-refractivity contribution is 5.97. The number of ketones is 1. The Morgan fingerprint density at radius 2 is 1.43 bits per heavy atom. The second-order valence-electron chi connectivity index (χ2n) is 8.21. The summed E-state index contributed by atoms with van der Waals surface area (Å²) in [7, 11) is 0. The number of rotatable bonds is 3. The zero-order valence-electron chi connectivity index (χ0n) is 16.6. The number of carbonyl (C=O) groups is 2. The molecule has 3 saturated heterocycles. The first-order valence-electron chi connectivity index (χ1n) is 9.33. The number of amides is 1. The lowest BCUT2D eigenvalue weighted by Gasteiger charge is -2.36. The van der Waals surface area contributed by atoms with Crippen LogP contribution in [0.15, 0.2) is 24.3 Å². The van der Waals surface area contributed by atoms with Crippen LogP contribution in [0.3, 0.4) is 0 Å². The van der Waals surface area contributed by atoms with Gasteiger partial charge >= 0.3 is 0 Å². The average molecular weight is 391 g/mol. The Morgan fingerprint density at radius 1 is 0.857 bits per heavy atom. The van der Waals surface area contributed by atoms with E-state index in [0.717, 1.165) is 0 Å². The van der Waals surface area contributed by atoms with Crippen molar-refractivity contribution in [2.24, 2.45) is 0 Å². The Balaban J connectivity index is 1.54. The van der Waals surface area contributed by atoms with Crippen molar-refractivity contribution < 1.29 is 33.3 Å². The SMILES string of the molecule is CC(=O)c1ccc(NC(=O)[C@H]2O[C@@H]3OC(C)(C)O[C@@H]3[C@H]3OC(C)(C)O[C@H]32)cc1. The standard InChI is InChI=1S/C20H25NO7/c1-10(22)11-6-8-12(9-7-11)21-17(23)15-13-14(26-19(2,3)25-13)16-18(24-15)28-20(4,5)27-16/h6-9,13-16,18H,1-5H3,(H,21,23)/t13-,14+,15+,16-,18-/m1/s1. The Kier molecular flexibility index (Phi) is 4.59. The zero-order chi connectivity index (χ0) is 20.3. The molecule has 0 unspecified atom stereocenters. The number of Topliss-reactive ketones (excluding diaryl/α,β-unsaturated/α-hetero) is 1. The number of benzene rings is 1. The van der Waals surface area contributed by atoms with E-state index in [2.05, 4.69) is 5.32 Å². The van der Waals surface area contributed by atoms with Crippen molar-refractivity contribution in [3.05, 3.63) is 29.8 Å². The van der Waals surface area contributed by atoms with Gasteiger partial charge in [0.05, 0.1) is 0 Å². The van der Waals surface area contributed by atoms with Gasteiger partial charge in [0, 0.05) is 11.3 Å². The van der Waals surface area contributed by atoms with Crippen LogP contribution in [0.4, 0.5) is 5.69 Å². The molecule has 0 saturated carbocycles. The number of anilines is 1. The lowest BCUT2D eigenvalue weighted by Crippen LogP contribution is -2.58. The molecule has 3 heterocycles. The van der Waals surface area contributed by atoms with Crippen LogP contribution in [0.2, 0.25) is 0 Å². The molecule has 3 fully saturated rings. The van der Waals surface area contributed by atoms with Crippen molar-refractivity contribution in [2.45, 2.75) is 76.9 Å². The summed E-state index contributed by atoms with van der Waals surface area (Å²) in [6, 6.07) is 6.67. The van der Waals surface area contributed by atoms with Crippen molar-refractivity contribution in [3.8, 4) is 0 Å². The Labute approximate surface area is 163 Å². The van der Waals surface area contributed by atoms with E-state index in [1.807, 2.05) is 0 Å². The van der Waals surface area contributed by atoms with Gasteiger partial charge in [0.15, 0.2) is 29.8 Å². The summed E-state index contributed by atoms with van der Waals surface area (Å²) in [5.74, 6) is -2.13. The zero-order valence-corrected chi connectivity index (χ0v) is 16.6. The van der Waals surface area contributed by atoms with E-state index in [9.17, 15) is 9.59 Å². The maximum absolute atomic E-state index is 13.0. The van der Waals surface area contributed by atoms with Gasteiger partial charge in [0.2, 0.25) is 0 Å². The maximum atomic E-state index is 13.0. The molecule has 5 atom stereocenters. The molecule has 28 heavy (non-hydrogen) atoms. The first kappa shape index (κ1) is 19.5. The molecule has 0 aromatic heterocycles. The van der Waals surface area contributed by atoms with E-state index in [-0.39, 0.29) is 11.7 Å². The topological polar surface area (TPSA) is 92.3 Å². The van der Waals surface area contributed by atoms with Crippen LogP contribution in [0.25, 0.3) is 0 Å². The van der Waals surface area contributed by atoms with Gasteiger partial charge in [-0.05, 0) is 58.9 Å². The van der Waals surface area contributed by atoms with Gasteiger partial charge in [0.25, 0.3) is 5.91 Å². The van der Waals surface area contributed by atoms with Crippen LogP contribution in [-0.2, 0) is 28.5 Å². The number of fused-ring (bicyclic) bond motifs is 3. The quantitative estimate of drug-likeness (QED) is 0.790. The number of carbonyl (C=O) groups excluding carboxylic acids is 2. The third-order valence-corrected chi connectivity index (χ3v) is 4.97. The normalized spacial score (nSPS) is 35.1. The Bertz CT molecular complexity index is 788. The summed E-state index contributed by atoms with van der Waals surface area (Å²) >= 11 is 0. The molecular weight excluding hydrogens is 366 g/mol. The largest absolute Gasteiger partial charge is 0.342 e. The second kappa shape index (κ2) is 6.60. The summed E-state index contributed by atoms with van der Waals surface area (Å²) in [6.07, 6.45) is -3.28. The van der Waals surface area contributed by atoms with Crippen LogP contribution in [-0.4, -0.2) is 54.0 Å². The minimum Gasteiger partial charge on any atom is -0.342 e. The second-order valence-corrected chi connectivity index (χ2v) is 8.21. The highest BCUT2D eigenvalue weighted by atomic mass is 16.9. The minimum absolute atomic E-state index is 0.0397. The lowest BCUT2D eigenvalue weighted by atomic mass is 9.98. The van der Waals surface area contributed by atoms with E-state index in [0.29, 0.717) is 11.3 Å². The van der Waals surface area contributed by atoms with Crippen molar-refractivity contribution in [1.82, 2.24) is 0 Å². The predicted octanol–water partition coefficient (Wildman–Crippen LogP) is 2.22. The highest BCUT2D eigenvalue weighted by Crippen LogP contribution is 2.44. The van der Waals surface area contributed by atoms with Crippen molar-refractivity contribution in [3.63, 3.8) is 0 Å². The number of nitrogens with one attached hydrogen (secondary N) is 1. The molecule has 1 amide bonds. The predicted molar refractivity (Wildman–Crippen MR) is 97.6 cm³/mol. The molecule has 8 heteroatoms. The van der Waals surface area contributed by atoms with E-state index in [1.54, 1.807) is 52.0 Å². The van der Waals surface area contributed by atoms with Crippen LogP contribution in [0.5, 0.6) is 0 Å². The van der Waals surface area contributed by atoms with Crippen LogP contribution < -0.4 is 5.32 Å². The molecule has 0 aliphatic carbocycles. The van der Waals surface area contributed by atoms with Crippen LogP contribution in [0.1, 0.15) is 45.0 Å². The molecule has 1 aromatic carbocycles. The number of ether oxygens (including phenoxy) is 5. The van der Waals surface area contributed by atoms with Crippen molar-refractivity contribution >= 4 is 17.4 Å². The van der Waals surface area contributed by atoms with Crippen molar-refractivity contribution in [2.75, 3.05) is 5.32 Å². The molecule has 3 aliphatic heterocycles. The average Bonchev–Trinajstić information content (AvgIpc) is 3.08. The molecule has 8 nitrogen and oxygen atoms in total. The summed E-state index contributed by atoms with van der Waals surface area (Å²) in [5.41, 5.74) is 1.13. The van der Waals surface area contributed by atoms with Gasteiger partial charge in [-0.15, -0.1) is 0 Å². The fraction of sp³-hybridized carbons (Fsp3) is 0.600. The molecule has 0 bridgehead atoms. The van der Waals surface area contributed by atoms with Gasteiger partial charge in [-0.2, -0.15) is 0 Å². The van der Waals surface area contributed by atoms with Gasteiger partial charge in [0.1, 0.15) is 18.3 Å². The Hall–Kier alpha value is -1.84. The molecule has 3 aliphatic rings. The molecule has 0 radical (unpaired) electrons. The van der Waals surface area contributed by atoms with E-state index in [4.69, 9.17) is 23.7 Å². The van der Waals surface area contributed by atoms with Crippen LogP contribution in [0, 0.1) is 0 Å². The van der Waals surface area contributed by atoms with Gasteiger partial charge in [-0.3, -0.25) is 9.59 Å². The summed E-state index contributed by atoms with van der Waals surface area (Å²) in [5, 5.41) is 2.81. The van der Waals surface area contributed by atoms with Crippen LogP contribution >= 0.6 is 0 Å². The summed E-state index contributed by atoms with van der Waals surface area (Å²) < 4.78 is 29.6. The smallest absolute Gasteiger partial charge is 0.256 e. The van der Waals surface area contributed by atoms with Gasteiger partial charge < -0.3 is 29.0 Å². The molecule has 4 rings (SSSR count). The third kappa shape index (κ3) is 3.58. The molecule has 0 spiro atoms. The van der Waals surface area contributed by atoms with Gasteiger partial charge in [-0.1, -0.05) is 0 Å². The highest BCUT2D eigenvalue weighted by Gasteiger charge is 2.62. The first-order valence-corrected chi connectivity index (χ1v) is 9.33. The molecular formula is C20H25NO7. The van der Waals surface area contributed by atoms with E-state index in [1.165, 1.54) is 6.92 Å². The maximum Gasteiger partial charge on any atom is 0.256 e. The molecule has 1 aromatic rings. The number of hydrogen-bond acceptors (Lipinski definition) is 7. The molecule has 1 N–H and O–H groups in total. The fourth-order valence-corrected chi connectivity index (χ4v) is 3.82. The Morgan fingerprint density at radius 3 is 2.07 bits per heavy atom. The monoisotopic (exact) mass is 391 g/mol. The van der Waals surface area contributed by atoms with E-state index < -0.39 is 42.3 Å². The summed E-state index contributed by atoms with van der Waals surface area (Å²) in [6.45, 7) is 8.64. The molecule has 152 valence electrons. The van der Waals surface area contributed by atoms with Gasteiger partial charge in [-0.25, -0.2) is 0 Å². The fourth-order valence-electron chi connectivity index (χ4n) is 3.82. The first-order chi connectivity index (χ1) is 13.0. The van der Waals surface area contributed by atoms with E-state index >= 15 is 0 Å². The minimum atomic E-state index is -0.932. The lowest BCUT2D eigenvalue weighted by molar-refractivity contribution is -0.229. The third-order valence-electron chi connectivity index (χ3n) is 4.97. The van der Waals surface area contributed by atoms with Crippen molar-refractivity contribution in [1.29, 1.82) is 0 Å².